The lowest BCUT2D eigenvalue weighted by atomic mass is 10.2. The van der Waals surface area contributed by atoms with Crippen LogP contribution >= 0.6 is 27.3 Å². The molecule has 3 rings (SSSR count). The number of nitrogens with one attached hydrogen (secondary N) is 1. The van der Waals surface area contributed by atoms with Crippen LogP contribution in [-0.4, -0.2) is 38.5 Å². The third kappa shape index (κ3) is 2.53. The van der Waals surface area contributed by atoms with Crippen molar-refractivity contribution < 1.29 is 18.7 Å². The molecule has 0 unspecified atom stereocenters. The van der Waals surface area contributed by atoms with Crippen LogP contribution in [0.4, 0.5) is 13.6 Å². The zero-order chi connectivity index (χ0) is 15.4. The molecule has 3 heterocycles. The summed E-state index contributed by atoms with van der Waals surface area (Å²) in [6.07, 6.45) is -2.16. The summed E-state index contributed by atoms with van der Waals surface area (Å²) in [7, 11) is 0. The topological polar surface area (TPSA) is 86.3 Å². The molecule has 1 amide bonds. The lowest BCUT2D eigenvalue weighted by molar-refractivity contribution is 0.0126. The van der Waals surface area contributed by atoms with Crippen LogP contribution in [0.25, 0.3) is 10.2 Å². The van der Waals surface area contributed by atoms with Crippen LogP contribution in [0, 0.1) is 0 Å². The van der Waals surface area contributed by atoms with E-state index in [0.717, 1.165) is 0 Å². The Balaban J connectivity index is 2.10. The van der Waals surface area contributed by atoms with Crippen molar-refractivity contribution in [1.29, 1.82) is 0 Å². The van der Waals surface area contributed by atoms with Crippen LogP contribution < -0.4 is 5.56 Å². The highest BCUT2D eigenvalue weighted by molar-refractivity contribution is 9.11. The lowest BCUT2D eigenvalue weighted by Crippen LogP contribution is -2.32. The van der Waals surface area contributed by atoms with Gasteiger partial charge in [-0.15, -0.1) is 11.3 Å². The lowest BCUT2D eigenvalue weighted by Gasteiger charge is -2.19. The summed E-state index contributed by atoms with van der Waals surface area (Å²) in [5.74, 6) is -3.19. The Morgan fingerprint density at radius 2 is 2.33 bits per heavy atom. The van der Waals surface area contributed by atoms with Crippen molar-refractivity contribution in [3.05, 3.63) is 26.0 Å². The molecule has 112 valence electrons. The van der Waals surface area contributed by atoms with Gasteiger partial charge in [-0.25, -0.2) is 18.6 Å². The summed E-state index contributed by atoms with van der Waals surface area (Å²) in [4.78, 5) is 30.2. The van der Waals surface area contributed by atoms with Gasteiger partial charge in [-0.2, -0.15) is 0 Å². The number of alkyl halides is 2. The number of H-pyrrole nitrogens is 1. The summed E-state index contributed by atoms with van der Waals surface area (Å²) >= 11 is 4.39. The second kappa shape index (κ2) is 4.73. The predicted octanol–water partition coefficient (Wildman–Crippen LogP) is 2.81. The molecule has 0 aliphatic carbocycles. The van der Waals surface area contributed by atoms with E-state index in [0.29, 0.717) is 18.9 Å². The van der Waals surface area contributed by atoms with Gasteiger partial charge in [0, 0.05) is 6.42 Å². The molecule has 1 aliphatic rings. The zero-order valence-corrected chi connectivity index (χ0v) is 12.7. The number of hydrogen-bond donors (Lipinski definition) is 2. The van der Waals surface area contributed by atoms with Gasteiger partial charge in [-0.1, -0.05) is 0 Å². The van der Waals surface area contributed by atoms with E-state index >= 15 is 0 Å². The van der Waals surface area contributed by atoms with Gasteiger partial charge in [-0.3, -0.25) is 9.69 Å². The fourth-order valence-corrected chi connectivity index (χ4v) is 3.77. The maximum atomic E-state index is 13.5. The molecule has 6 nitrogen and oxygen atoms in total. The first-order chi connectivity index (χ1) is 9.77. The van der Waals surface area contributed by atoms with E-state index in [9.17, 15) is 18.4 Å². The number of fused-ring (bicyclic) bond motifs is 1. The molecule has 0 spiro atoms. The average molecular weight is 380 g/mol. The fraction of sp³-hybridized carbons (Fsp3) is 0.364. The molecule has 2 aromatic heterocycles. The highest BCUT2D eigenvalue weighted by atomic mass is 79.9. The monoisotopic (exact) mass is 379 g/mol. The maximum absolute atomic E-state index is 13.5. The summed E-state index contributed by atoms with van der Waals surface area (Å²) in [5, 5.41) is 9.03. The molecular weight excluding hydrogens is 372 g/mol. The number of nitrogens with zero attached hydrogens (tertiary/aromatic N) is 2. The number of aromatic amines is 1. The largest absolute Gasteiger partial charge is 0.465 e. The number of thiophene rings is 1. The van der Waals surface area contributed by atoms with Gasteiger partial charge in [-0.05, 0) is 22.0 Å². The van der Waals surface area contributed by atoms with Crippen LogP contribution in [0.15, 0.2) is 14.6 Å². The predicted molar refractivity (Wildman–Crippen MR) is 75.0 cm³/mol. The van der Waals surface area contributed by atoms with E-state index in [2.05, 4.69) is 25.9 Å². The van der Waals surface area contributed by atoms with Crippen LogP contribution in [0.1, 0.15) is 18.3 Å². The van der Waals surface area contributed by atoms with Crippen LogP contribution in [0.2, 0.25) is 0 Å². The van der Waals surface area contributed by atoms with Gasteiger partial charge in [0.05, 0.1) is 21.9 Å². The molecule has 21 heavy (non-hydrogen) atoms. The van der Waals surface area contributed by atoms with E-state index in [1.165, 1.54) is 11.3 Å². The van der Waals surface area contributed by atoms with Gasteiger partial charge in [0.1, 0.15) is 10.5 Å². The van der Waals surface area contributed by atoms with Gasteiger partial charge >= 0.3 is 6.09 Å². The molecule has 0 saturated carbocycles. The number of carbonyl (C=O) groups is 1. The Morgan fingerprint density at radius 3 is 3.00 bits per heavy atom. The SMILES string of the molecule is O=C(O)N1CC(F)(F)C[C@H]1c1nc2cc(Br)sc2c(=O)[nH]1. The Morgan fingerprint density at radius 1 is 1.62 bits per heavy atom. The van der Waals surface area contributed by atoms with Crippen molar-refractivity contribution in [2.45, 2.75) is 18.4 Å². The second-order valence-electron chi connectivity index (χ2n) is 4.70. The highest BCUT2D eigenvalue weighted by Crippen LogP contribution is 2.40. The zero-order valence-electron chi connectivity index (χ0n) is 10.3. The summed E-state index contributed by atoms with van der Waals surface area (Å²) in [6.45, 7) is -0.901. The van der Waals surface area contributed by atoms with Gasteiger partial charge in [0.15, 0.2) is 0 Å². The Bertz CT molecular complexity index is 791. The fourth-order valence-electron chi connectivity index (χ4n) is 2.35. The number of hydrogen-bond acceptors (Lipinski definition) is 4. The van der Waals surface area contributed by atoms with E-state index < -0.39 is 36.6 Å². The summed E-state index contributed by atoms with van der Waals surface area (Å²) in [5.41, 5.74) is -0.113. The highest BCUT2D eigenvalue weighted by Gasteiger charge is 2.48. The first-order valence-electron chi connectivity index (χ1n) is 5.83. The third-order valence-electron chi connectivity index (χ3n) is 3.20. The van der Waals surface area contributed by atoms with Crippen LogP contribution in [-0.2, 0) is 0 Å². The molecule has 1 aliphatic heterocycles. The molecule has 0 radical (unpaired) electrons. The van der Waals surface area contributed by atoms with E-state index in [-0.39, 0.29) is 5.82 Å². The minimum Gasteiger partial charge on any atom is -0.465 e. The average Bonchev–Trinajstić information content (AvgIpc) is 2.88. The minimum absolute atomic E-state index is 0.0580. The quantitative estimate of drug-likeness (QED) is 0.797. The van der Waals surface area contributed by atoms with E-state index in [1.807, 2.05) is 0 Å². The van der Waals surface area contributed by atoms with Gasteiger partial charge in [0.2, 0.25) is 0 Å². The summed E-state index contributed by atoms with van der Waals surface area (Å²) < 4.78 is 28.0. The Kier molecular flexibility index (Phi) is 3.24. The van der Waals surface area contributed by atoms with E-state index in [4.69, 9.17) is 5.11 Å². The van der Waals surface area contributed by atoms with Crippen LogP contribution in [0.3, 0.4) is 0 Å². The third-order valence-corrected chi connectivity index (χ3v) is 4.83. The Labute approximate surface area is 128 Å². The molecule has 10 heteroatoms. The molecule has 1 fully saturated rings. The molecule has 0 bridgehead atoms. The normalized spacial score (nSPS) is 21.1. The summed E-state index contributed by atoms with van der Waals surface area (Å²) in [6, 6.07) is 0.435. The van der Waals surface area contributed by atoms with Gasteiger partial charge in [0.25, 0.3) is 11.5 Å². The van der Waals surface area contributed by atoms with Crippen LogP contribution in [0.5, 0.6) is 0 Å². The van der Waals surface area contributed by atoms with Crippen molar-refractivity contribution in [3.8, 4) is 0 Å². The smallest absolute Gasteiger partial charge is 0.408 e. The van der Waals surface area contributed by atoms with Crippen molar-refractivity contribution in [1.82, 2.24) is 14.9 Å². The van der Waals surface area contributed by atoms with Crippen molar-refractivity contribution >= 4 is 43.6 Å². The van der Waals surface area contributed by atoms with Crippen molar-refractivity contribution in [3.63, 3.8) is 0 Å². The molecule has 1 saturated heterocycles. The van der Waals surface area contributed by atoms with E-state index in [1.54, 1.807) is 6.07 Å². The Hall–Kier alpha value is -1.55. The maximum Gasteiger partial charge on any atom is 0.408 e. The number of carboxylic acid groups (broad SMARTS) is 1. The minimum atomic E-state index is -3.13. The number of likely N-dealkylation sites (tertiary alicyclic amines) is 1. The second-order valence-corrected chi connectivity index (χ2v) is 7.13. The molecule has 2 N–H and O–H groups in total. The van der Waals surface area contributed by atoms with Gasteiger partial charge < -0.3 is 10.1 Å². The standard InChI is InChI=1S/C11H8BrF2N3O3S/c12-6-1-4-7(21-6)9(18)16-8(15-4)5-2-11(13,14)3-17(5)10(19)20/h1,5H,2-3H2,(H,19,20)(H,15,16,18)/t5-/m0/s1. The number of halogens is 3. The molecular formula is C11H8BrF2N3O3S. The molecule has 0 aromatic carbocycles. The first kappa shape index (κ1) is 14.4. The number of rotatable bonds is 1. The first-order valence-corrected chi connectivity index (χ1v) is 7.44. The number of aromatic nitrogens is 2. The number of amides is 1. The molecule has 1 atom stereocenters. The molecule has 2 aromatic rings. The van der Waals surface area contributed by atoms with Crippen molar-refractivity contribution in [2.24, 2.45) is 0 Å². The van der Waals surface area contributed by atoms with Crippen molar-refractivity contribution in [2.75, 3.05) is 6.54 Å².